The second kappa shape index (κ2) is 43.5. The maximum absolute atomic E-state index is 12.2. The Labute approximate surface area is 312 Å². The zero-order valence-electron chi connectivity index (χ0n) is 33.4. The number of unbranched alkanes of at least 4 members (excludes halogenated alkanes) is 24. The van der Waals surface area contributed by atoms with Crippen molar-refractivity contribution in [1.82, 2.24) is 0 Å². The average Bonchev–Trinajstić information content (AvgIpc) is 3.12. The molecule has 0 amide bonds. The summed E-state index contributed by atoms with van der Waals surface area (Å²) in [6.07, 6.45) is 55.9. The summed E-state index contributed by atoms with van der Waals surface area (Å²) in [5.41, 5.74) is 0. The predicted octanol–water partition coefficient (Wildman–Crippen LogP) is 14.3. The van der Waals surface area contributed by atoms with E-state index in [1.807, 2.05) is 0 Å². The highest BCUT2D eigenvalue weighted by Gasteiger charge is 2.13. The van der Waals surface area contributed by atoms with Crippen LogP contribution in [0.1, 0.15) is 213 Å². The molecule has 0 spiro atoms. The van der Waals surface area contributed by atoms with Crippen LogP contribution in [0.3, 0.4) is 0 Å². The molecule has 0 aromatic carbocycles. The lowest BCUT2D eigenvalue weighted by atomic mass is 10.1. The van der Waals surface area contributed by atoms with E-state index in [0.717, 1.165) is 32.1 Å². The molecule has 4 nitrogen and oxygen atoms in total. The van der Waals surface area contributed by atoms with Gasteiger partial charge in [-0.1, -0.05) is 178 Å². The van der Waals surface area contributed by atoms with E-state index in [-0.39, 0.29) is 12.6 Å². The van der Waals surface area contributed by atoms with Crippen molar-refractivity contribution in [3.63, 3.8) is 0 Å². The molecule has 0 heterocycles. The maximum atomic E-state index is 12.2. The predicted molar refractivity (Wildman–Crippen MR) is 219 cm³/mol. The summed E-state index contributed by atoms with van der Waals surface area (Å²) in [5.74, 6) is -0.209. The fourth-order valence-electron chi connectivity index (χ4n) is 6.09. The monoisotopic (exact) mass is 701 g/mol. The largest absolute Gasteiger partial charge is 0.457 e. The Hall–Kier alpha value is -1.65. The number of allylic oxidation sites excluding steroid dienone is 8. The standard InChI is InChI=1S/C46H84O4/c1-3-5-7-9-11-13-15-17-19-21-23-24-26-28-30-32-34-36-38-40-42-49-44-45(43-47)50-46(48)41-39-37-35-33-31-29-27-25-22-20-18-16-14-12-10-8-6-4-2/h11,13-14,16-17,19-20,22,45,47H,3-10,12,15,18,21,23-44H2,1-2H3/b13-11-,16-14-,19-17-,22-20-. The van der Waals surface area contributed by atoms with Gasteiger partial charge in [0.05, 0.1) is 13.2 Å². The van der Waals surface area contributed by atoms with Crippen molar-refractivity contribution in [2.75, 3.05) is 19.8 Å². The molecule has 0 saturated carbocycles. The average molecular weight is 701 g/mol. The van der Waals surface area contributed by atoms with Crippen molar-refractivity contribution in [2.24, 2.45) is 0 Å². The third-order valence-electron chi connectivity index (χ3n) is 9.38. The molecule has 0 rings (SSSR count). The fourth-order valence-corrected chi connectivity index (χ4v) is 6.09. The highest BCUT2D eigenvalue weighted by Crippen LogP contribution is 2.13. The summed E-state index contributed by atoms with van der Waals surface area (Å²) in [6, 6.07) is 0. The minimum Gasteiger partial charge on any atom is -0.457 e. The van der Waals surface area contributed by atoms with Crippen LogP contribution in [-0.4, -0.2) is 37.0 Å². The van der Waals surface area contributed by atoms with Crippen molar-refractivity contribution in [1.29, 1.82) is 0 Å². The smallest absolute Gasteiger partial charge is 0.306 e. The van der Waals surface area contributed by atoms with Crippen molar-refractivity contribution in [3.8, 4) is 0 Å². The number of ether oxygens (including phenoxy) is 2. The van der Waals surface area contributed by atoms with Crippen LogP contribution in [-0.2, 0) is 14.3 Å². The van der Waals surface area contributed by atoms with Gasteiger partial charge < -0.3 is 14.6 Å². The summed E-state index contributed by atoms with van der Waals surface area (Å²) in [6.45, 7) is 5.30. The lowest BCUT2D eigenvalue weighted by molar-refractivity contribution is -0.154. The van der Waals surface area contributed by atoms with Gasteiger partial charge in [0, 0.05) is 13.0 Å². The van der Waals surface area contributed by atoms with Gasteiger partial charge in [-0.05, 0) is 77.0 Å². The quantitative estimate of drug-likeness (QED) is 0.0393. The first-order valence-electron chi connectivity index (χ1n) is 21.7. The Morgan fingerprint density at radius 3 is 1.28 bits per heavy atom. The molecule has 292 valence electrons. The van der Waals surface area contributed by atoms with Crippen LogP contribution >= 0.6 is 0 Å². The van der Waals surface area contributed by atoms with Gasteiger partial charge in [-0.25, -0.2) is 0 Å². The normalized spacial score (nSPS) is 12.8. The highest BCUT2D eigenvalue weighted by molar-refractivity contribution is 5.69. The molecule has 0 bridgehead atoms. The third kappa shape index (κ3) is 40.8. The second-order valence-corrected chi connectivity index (χ2v) is 14.4. The molecule has 0 aliphatic carbocycles. The number of esters is 1. The molecular formula is C46H84O4. The lowest BCUT2D eigenvalue weighted by Crippen LogP contribution is -2.27. The maximum Gasteiger partial charge on any atom is 0.306 e. The molecule has 50 heavy (non-hydrogen) atoms. The van der Waals surface area contributed by atoms with Gasteiger partial charge in [-0.3, -0.25) is 4.79 Å². The first-order valence-corrected chi connectivity index (χ1v) is 21.7. The van der Waals surface area contributed by atoms with Gasteiger partial charge in [0.15, 0.2) is 0 Å². The van der Waals surface area contributed by atoms with Crippen molar-refractivity contribution in [3.05, 3.63) is 48.6 Å². The number of aliphatic hydroxyl groups excluding tert-OH is 1. The molecule has 0 aliphatic rings. The van der Waals surface area contributed by atoms with Gasteiger partial charge in [0.1, 0.15) is 6.10 Å². The van der Waals surface area contributed by atoms with E-state index in [1.165, 1.54) is 161 Å². The Morgan fingerprint density at radius 2 is 0.840 bits per heavy atom. The number of hydrogen-bond donors (Lipinski definition) is 1. The van der Waals surface area contributed by atoms with E-state index in [2.05, 4.69) is 62.5 Å². The van der Waals surface area contributed by atoms with Crippen LogP contribution in [0.5, 0.6) is 0 Å². The van der Waals surface area contributed by atoms with Crippen LogP contribution in [0.4, 0.5) is 0 Å². The van der Waals surface area contributed by atoms with E-state index in [0.29, 0.717) is 19.6 Å². The van der Waals surface area contributed by atoms with Gasteiger partial charge >= 0.3 is 5.97 Å². The van der Waals surface area contributed by atoms with Crippen LogP contribution in [0.2, 0.25) is 0 Å². The van der Waals surface area contributed by atoms with Gasteiger partial charge in [-0.2, -0.15) is 0 Å². The first-order chi connectivity index (χ1) is 24.7. The number of hydrogen-bond acceptors (Lipinski definition) is 4. The molecule has 0 fully saturated rings. The highest BCUT2D eigenvalue weighted by atomic mass is 16.6. The second-order valence-electron chi connectivity index (χ2n) is 14.4. The van der Waals surface area contributed by atoms with Crippen LogP contribution in [0, 0.1) is 0 Å². The lowest BCUT2D eigenvalue weighted by Gasteiger charge is -2.16. The minimum atomic E-state index is -0.540. The van der Waals surface area contributed by atoms with Crippen LogP contribution in [0.25, 0.3) is 0 Å². The Bertz CT molecular complexity index is 783. The van der Waals surface area contributed by atoms with E-state index in [4.69, 9.17) is 9.47 Å². The summed E-state index contributed by atoms with van der Waals surface area (Å²) < 4.78 is 11.2. The van der Waals surface area contributed by atoms with E-state index in [9.17, 15) is 9.90 Å². The summed E-state index contributed by atoms with van der Waals surface area (Å²) in [4.78, 5) is 12.2. The van der Waals surface area contributed by atoms with Crippen molar-refractivity contribution < 1.29 is 19.4 Å². The molecule has 0 aromatic rings. The molecule has 4 heteroatoms. The molecule has 0 radical (unpaired) electrons. The molecule has 0 aliphatic heterocycles. The third-order valence-corrected chi connectivity index (χ3v) is 9.38. The molecule has 1 N–H and O–H groups in total. The Morgan fingerprint density at radius 1 is 0.480 bits per heavy atom. The van der Waals surface area contributed by atoms with E-state index < -0.39 is 6.10 Å². The number of carbonyl (C=O) groups is 1. The topological polar surface area (TPSA) is 55.8 Å². The number of rotatable bonds is 40. The van der Waals surface area contributed by atoms with Crippen molar-refractivity contribution >= 4 is 5.97 Å². The molecule has 0 aromatic heterocycles. The van der Waals surface area contributed by atoms with Crippen LogP contribution < -0.4 is 0 Å². The minimum absolute atomic E-state index is 0.176. The van der Waals surface area contributed by atoms with E-state index >= 15 is 0 Å². The summed E-state index contributed by atoms with van der Waals surface area (Å²) in [7, 11) is 0. The number of aliphatic hydroxyl groups is 1. The van der Waals surface area contributed by atoms with Gasteiger partial charge in [-0.15, -0.1) is 0 Å². The van der Waals surface area contributed by atoms with Crippen LogP contribution in [0.15, 0.2) is 48.6 Å². The summed E-state index contributed by atoms with van der Waals surface area (Å²) in [5, 5.41) is 9.60. The zero-order valence-corrected chi connectivity index (χ0v) is 33.4. The van der Waals surface area contributed by atoms with Crippen molar-refractivity contribution in [2.45, 2.75) is 219 Å². The number of carbonyl (C=O) groups excluding carboxylic acids is 1. The van der Waals surface area contributed by atoms with Gasteiger partial charge in [0.25, 0.3) is 0 Å². The van der Waals surface area contributed by atoms with E-state index in [1.54, 1.807) is 0 Å². The van der Waals surface area contributed by atoms with Gasteiger partial charge in [0.2, 0.25) is 0 Å². The SMILES string of the molecule is CCCCC/C=C\C/C=C\CCCCCCCCCCCCOCC(CO)OC(=O)CCCCCCCCC/C=C\C/C=C\CCCCCC. The molecule has 0 saturated heterocycles. The first kappa shape index (κ1) is 48.3. The fraction of sp³-hybridized carbons (Fsp3) is 0.804. The molecule has 1 unspecified atom stereocenters. The summed E-state index contributed by atoms with van der Waals surface area (Å²) >= 11 is 0. The molecular weight excluding hydrogens is 617 g/mol. The molecule has 1 atom stereocenters. The Balaban J connectivity index is 3.44. The Kier molecular flexibility index (Phi) is 42.1. The zero-order chi connectivity index (χ0) is 36.3.